The van der Waals surface area contributed by atoms with Crippen molar-refractivity contribution in [2.24, 2.45) is 0 Å². The molecule has 18 heavy (non-hydrogen) atoms. The van der Waals surface area contributed by atoms with E-state index in [1.807, 2.05) is 31.2 Å². The van der Waals surface area contributed by atoms with Crippen molar-refractivity contribution in [3.05, 3.63) is 52.8 Å². The maximum Gasteiger partial charge on any atom is 0.227 e. The quantitative estimate of drug-likeness (QED) is 0.640. The highest BCUT2D eigenvalue weighted by atomic mass is 35.5. The van der Waals surface area contributed by atoms with Crippen molar-refractivity contribution >= 4 is 22.7 Å². The Morgan fingerprint density at radius 1 is 1.17 bits per heavy atom. The number of halogens is 2. The number of hydrogen-bond acceptors (Lipinski definition) is 2. The summed E-state index contributed by atoms with van der Waals surface area (Å²) in [6, 6.07) is 10.5. The van der Waals surface area contributed by atoms with Crippen LogP contribution >= 0.6 is 11.6 Å². The van der Waals surface area contributed by atoms with E-state index in [1.54, 1.807) is 0 Å². The van der Waals surface area contributed by atoms with Crippen molar-refractivity contribution in [3.63, 3.8) is 0 Å². The number of nitrogens with zero attached hydrogens (tertiary/aromatic N) is 1. The van der Waals surface area contributed by atoms with Gasteiger partial charge in [-0.2, -0.15) is 0 Å². The topological polar surface area (TPSA) is 26.0 Å². The van der Waals surface area contributed by atoms with Crippen LogP contribution in [0.25, 0.3) is 22.6 Å². The number of fused-ring (bicyclic) bond motifs is 1. The average molecular weight is 262 g/mol. The third-order valence-corrected chi connectivity index (χ3v) is 3.02. The second-order valence-corrected chi connectivity index (χ2v) is 4.53. The Labute approximate surface area is 108 Å². The van der Waals surface area contributed by atoms with Crippen LogP contribution in [0.4, 0.5) is 4.39 Å². The second kappa shape index (κ2) is 4.10. The molecule has 0 unspecified atom stereocenters. The van der Waals surface area contributed by atoms with E-state index >= 15 is 0 Å². The molecule has 0 aliphatic rings. The molecule has 0 bridgehead atoms. The van der Waals surface area contributed by atoms with E-state index in [4.69, 9.17) is 16.0 Å². The largest absolute Gasteiger partial charge is 0.436 e. The lowest BCUT2D eigenvalue weighted by atomic mass is 10.1. The highest BCUT2D eigenvalue weighted by Gasteiger charge is 2.11. The van der Waals surface area contributed by atoms with E-state index in [0.29, 0.717) is 17.0 Å². The molecule has 0 N–H and O–H groups in total. The van der Waals surface area contributed by atoms with Crippen LogP contribution in [-0.2, 0) is 0 Å². The zero-order valence-corrected chi connectivity index (χ0v) is 10.3. The third kappa shape index (κ3) is 1.87. The maximum absolute atomic E-state index is 13.3. The van der Waals surface area contributed by atoms with Crippen molar-refractivity contribution in [1.82, 2.24) is 4.98 Å². The SMILES string of the molecule is Cc1ccc(-c2nc3cc(F)c(Cl)cc3o2)cc1. The number of oxazole rings is 1. The molecular weight excluding hydrogens is 253 g/mol. The molecular formula is C14H9ClFNO. The van der Waals surface area contributed by atoms with Gasteiger partial charge < -0.3 is 4.42 Å². The summed E-state index contributed by atoms with van der Waals surface area (Å²) in [7, 11) is 0. The van der Waals surface area contributed by atoms with Crippen molar-refractivity contribution in [3.8, 4) is 11.5 Å². The maximum atomic E-state index is 13.3. The summed E-state index contributed by atoms with van der Waals surface area (Å²) in [4.78, 5) is 4.25. The first-order valence-electron chi connectivity index (χ1n) is 5.46. The van der Waals surface area contributed by atoms with Gasteiger partial charge in [0.2, 0.25) is 5.89 Å². The van der Waals surface area contributed by atoms with E-state index in [1.165, 1.54) is 12.1 Å². The Morgan fingerprint density at radius 3 is 2.61 bits per heavy atom. The van der Waals surface area contributed by atoms with Crippen molar-refractivity contribution in [2.45, 2.75) is 6.92 Å². The molecule has 90 valence electrons. The van der Waals surface area contributed by atoms with Gasteiger partial charge in [-0.05, 0) is 19.1 Å². The third-order valence-electron chi connectivity index (χ3n) is 2.73. The van der Waals surface area contributed by atoms with Crippen LogP contribution in [0.15, 0.2) is 40.8 Å². The number of hydrogen-bond donors (Lipinski definition) is 0. The smallest absolute Gasteiger partial charge is 0.227 e. The van der Waals surface area contributed by atoms with Gasteiger partial charge in [-0.1, -0.05) is 29.3 Å². The summed E-state index contributed by atoms with van der Waals surface area (Å²) < 4.78 is 18.9. The normalized spacial score (nSPS) is 11.1. The Morgan fingerprint density at radius 2 is 1.89 bits per heavy atom. The summed E-state index contributed by atoms with van der Waals surface area (Å²) in [5.74, 6) is -0.0282. The van der Waals surface area contributed by atoms with Crippen LogP contribution in [0, 0.1) is 12.7 Å². The lowest BCUT2D eigenvalue weighted by Crippen LogP contribution is -1.78. The first-order valence-corrected chi connectivity index (χ1v) is 5.84. The van der Waals surface area contributed by atoms with Crippen LogP contribution in [0.5, 0.6) is 0 Å². The van der Waals surface area contributed by atoms with Gasteiger partial charge in [-0.15, -0.1) is 0 Å². The molecule has 0 amide bonds. The van der Waals surface area contributed by atoms with E-state index in [2.05, 4.69) is 4.98 Å². The zero-order chi connectivity index (χ0) is 12.7. The lowest BCUT2D eigenvalue weighted by Gasteiger charge is -1.95. The molecule has 0 aliphatic carbocycles. The van der Waals surface area contributed by atoms with E-state index in [0.717, 1.165) is 11.1 Å². The molecule has 4 heteroatoms. The van der Waals surface area contributed by atoms with Crippen LogP contribution in [0.2, 0.25) is 5.02 Å². The molecule has 0 atom stereocenters. The van der Waals surface area contributed by atoms with Crippen molar-refractivity contribution in [1.29, 1.82) is 0 Å². The molecule has 0 saturated carbocycles. The van der Waals surface area contributed by atoms with Gasteiger partial charge in [0.25, 0.3) is 0 Å². The molecule has 0 spiro atoms. The zero-order valence-electron chi connectivity index (χ0n) is 9.58. The van der Waals surface area contributed by atoms with Crippen molar-refractivity contribution in [2.75, 3.05) is 0 Å². The number of benzene rings is 2. The fourth-order valence-corrected chi connectivity index (χ4v) is 1.90. The Bertz CT molecular complexity index is 679. The molecule has 0 radical (unpaired) electrons. The minimum atomic E-state index is -0.493. The second-order valence-electron chi connectivity index (χ2n) is 4.12. The first-order chi connectivity index (χ1) is 8.63. The van der Waals surface area contributed by atoms with Crippen LogP contribution in [-0.4, -0.2) is 4.98 Å². The van der Waals surface area contributed by atoms with Gasteiger partial charge in [0.1, 0.15) is 11.3 Å². The molecule has 1 heterocycles. The van der Waals surface area contributed by atoms with E-state index < -0.39 is 5.82 Å². The Kier molecular flexibility index (Phi) is 2.56. The predicted octanol–water partition coefficient (Wildman–Crippen LogP) is 4.60. The standard InChI is InChI=1S/C14H9ClFNO/c1-8-2-4-9(5-3-8)14-17-12-7-11(16)10(15)6-13(12)18-14/h2-7H,1H3. The number of aryl methyl sites for hydroxylation is 1. The van der Waals surface area contributed by atoms with Crippen molar-refractivity contribution < 1.29 is 8.81 Å². The highest BCUT2D eigenvalue weighted by Crippen LogP contribution is 2.28. The van der Waals surface area contributed by atoms with Crippen LogP contribution in [0.1, 0.15) is 5.56 Å². The van der Waals surface area contributed by atoms with Crippen LogP contribution in [0.3, 0.4) is 0 Å². The number of aromatic nitrogens is 1. The monoisotopic (exact) mass is 261 g/mol. The van der Waals surface area contributed by atoms with Gasteiger partial charge in [0, 0.05) is 17.7 Å². The molecule has 2 aromatic carbocycles. The highest BCUT2D eigenvalue weighted by molar-refractivity contribution is 6.31. The van der Waals surface area contributed by atoms with Gasteiger partial charge >= 0.3 is 0 Å². The number of rotatable bonds is 1. The summed E-state index contributed by atoms with van der Waals surface area (Å²) in [6.45, 7) is 2.00. The van der Waals surface area contributed by atoms with Gasteiger partial charge in [0.15, 0.2) is 5.58 Å². The minimum absolute atomic E-state index is 0.0362. The summed E-state index contributed by atoms with van der Waals surface area (Å²) in [5, 5.41) is 0.0362. The Hall–Kier alpha value is -1.87. The molecule has 0 saturated heterocycles. The fraction of sp³-hybridized carbons (Fsp3) is 0.0714. The molecule has 0 fully saturated rings. The fourth-order valence-electron chi connectivity index (χ4n) is 1.74. The molecule has 2 nitrogen and oxygen atoms in total. The lowest BCUT2D eigenvalue weighted by molar-refractivity contribution is 0.614. The average Bonchev–Trinajstić information content (AvgIpc) is 2.73. The minimum Gasteiger partial charge on any atom is -0.436 e. The van der Waals surface area contributed by atoms with Gasteiger partial charge in [0.05, 0.1) is 5.02 Å². The molecule has 3 aromatic rings. The van der Waals surface area contributed by atoms with Gasteiger partial charge in [-0.25, -0.2) is 9.37 Å². The van der Waals surface area contributed by atoms with E-state index in [-0.39, 0.29) is 5.02 Å². The Balaban J connectivity index is 2.16. The molecule has 3 rings (SSSR count). The van der Waals surface area contributed by atoms with E-state index in [9.17, 15) is 4.39 Å². The molecule has 1 aromatic heterocycles. The van der Waals surface area contributed by atoms with Crippen LogP contribution < -0.4 is 0 Å². The summed E-state index contributed by atoms with van der Waals surface area (Å²) in [5.41, 5.74) is 2.96. The predicted molar refractivity (Wildman–Crippen MR) is 69.2 cm³/mol. The summed E-state index contributed by atoms with van der Waals surface area (Å²) >= 11 is 5.70. The first kappa shape index (κ1) is 11.2. The van der Waals surface area contributed by atoms with Gasteiger partial charge in [-0.3, -0.25) is 0 Å². The molecule has 0 aliphatic heterocycles. The summed E-state index contributed by atoms with van der Waals surface area (Å²) in [6.07, 6.45) is 0.